The minimum atomic E-state index is -4.40. The predicted molar refractivity (Wildman–Crippen MR) is 260 cm³/mol. The first-order valence-corrected chi connectivity index (χ1v) is 25.2. The summed E-state index contributed by atoms with van der Waals surface area (Å²) in [6.07, 6.45) is -3.51. The van der Waals surface area contributed by atoms with Crippen LogP contribution in [0.1, 0.15) is 47.6 Å². The van der Waals surface area contributed by atoms with Gasteiger partial charge in [0.15, 0.2) is 11.2 Å². The van der Waals surface area contributed by atoms with E-state index >= 15 is 4.57 Å². The molecule has 7 aromatic rings. The standard InChI is InChI=1S/C47H48N9O13PS/c1-63-33-16-10-30(11-17-33)47(29-6-4-3-5-7-29,31-12-18-34(64-2)19-13-31)65-24-38-36(23-41(68-38)54-21-20-39(48)51-46(54)59)69-70(62,71-26-28-8-14-32(15-9-28)56(60)61)66-25-37-35(57)22-40(67-37)55-27-50-42-43(55)52-45(49)53-44(42)58/h3-21,27,35-38,40-41,57H,22-26H2,1-2H3,(H2,48,51,59)(H3,49,52,53,58)/t35-,36-,37+,38+,40+,41+,70?/m0/s1. The Morgan fingerprint density at radius 3 is 2.11 bits per heavy atom. The number of nitro benzene ring substituents is 1. The Morgan fingerprint density at radius 2 is 1.48 bits per heavy atom. The summed E-state index contributed by atoms with van der Waals surface area (Å²) in [4.78, 5) is 51.4. The number of nitrogens with zero attached hydrogens (tertiary/aromatic N) is 6. The van der Waals surface area contributed by atoms with E-state index in [9.17, 15) is 24.8 Å². The van der Waals surface area contributed by atoms with Crippen LogP contribution in [0.15, 0.2) is 131 Å². The number of imidazole rings is 1. The zero-order valence-electron chi connectivity index (χ0n) is 38.1. The summed E-state index contributed by atoms with van der Waals surface area (Å²) in [6.45, 7) is -5.06. The Bertz CT molecular complexity index is 3120. The average molecular weight is 1010 g/mol. The van der Waals surface area contributed by atoms with Crippen LogP contribution in [0.25, 0.3) is 11.2 Å². The molecule has 4 aromatic carbocycles. The van der Waals surface area contributed by atoms with E-state index in [1.54, 1.807) is 14.2 Å². The number of nitro groups is 1. The number of non-ortho nitro benzene ring substituents is 1. The van der Waals surface area contributed by atoms with Crippen molar-refractivity contribution in [2.75, 3.05) is 38.9 Å². The second-order valence-electron chi connectivity index (χ2n) is 16.5. The number of hydrogen-bond donors (Lipinski definition) is 4. The van der Waals surface area contributed by atoms with Crippen molar-refractivity contribution < 1.29 is 47.3 Å². The maximum atomic E-state index is 15.4. The van der Waals surface area contributed by atoms with Gasteiger partial charge in [0.1, 0.15) is 53.7 Å². The number of methoxy groups -OCH3 is 2. The molecule has 24 heteroatoms. The largest absolute Gasteiger partial charge is 0.497 e. The van der Waals surface area contributed by atoms with Crippen LogP contribution >= 0.6 is 18.2 Å². The molecule has 3 aromatic heterocycles. The summed E-state index contributed by atoms with van der Waals surface area (Å²) in [7, 11) is 3.15. The molecule has 0 amide bonds. The number of benzene rings is 4. The molecule has 7 atom stereocenters. The highest BCUT2D eigenvalue weighted by atomic mass is 32.7. The van der Waals surface area contributed by atoms with Crippen molar-refractivity contribution in [3.63, 3.8) is 0 Å². The van der Waals surface area contributed by atoms with Crippen LogP contribution in [0, 0.1) is 10.1 Å². The number of nitrogens with one attached hydrogen (secondary N) is 1. The molecule has 2 aliphatic rings. The summed E-state index contributed by atoms with van der Waals surface area (Å²) in [5.74, 6) is 1.09. The molecule has 2 fully saturated rings. The number of aliphatic hydroxyl groups excluding tert-OH is 1. The minimum absolute atomic E-state index is 0.000207. The number of anilines is 2. The summed E-state index contributed by atoms with van der Waals surface area (Å²) < 4.78 is 62.0. The van der Waals surface area contributed by atoms with E-state index in [0.29, 0.717) is 17.1 Å². The van der Waals surface area contributed by atoms with Crippen molar-refractivity contribution in [2.45, 2.75) is 61.1 Å². The lowest BCUT2D eigenvalue weighted by molar-refractivity contribution is -0.384. The molecule has 1 unspecified atom stereocenters. The molecule has 0 saturated carbocycles. The van der Waals surface area contributed by atoms with Gasteiger partial charge in [-0.2, -0.15) is 9.97 Å². The van der Waals surface area contributed by atoms with Crippen molar-refractivity contribution in [1.82, 2.24) is 29.1 Å². The summed E-state index contributed by atoms with van der Waals surface area (Å²) >= 11 is 0.801. The minimum Gasteiger partial charge on any atom is -0.497 e. The number of aromatic nitrogens is 6. The Hall–Kier alpha value is -6.95. The number of H-pyrrole nitrogens is 1. The fourth-order valence-corrected chi connectivity index (χ4v) is 12.0. The van der Waals surface area contributed by atoms with E-state index in [4.69, 9.17) is 44.2 Å². The van der Waals surface area contributed by atoms with E-state index in [0.717, 1.165) is 28.1 Å². The third-order valence-corrected chi connectivity index (χ3v) is 15.8. The molecular formula is C47H48N9O13PS. The lowest BCUT2D eigenvalue weighted by Gasteiger charge is -2.37. The summed E-state index contributed by atoms with van der Waals surface area (Å²) in [6, 6.07) is 31.6. The van der Waals surface area contributed by atoms with Gasteiger partial charge in [0.05, 0.1) is 44.8 Å². The van der Waals surface area contributed by atoms with Gasteiger partial charge in [-0.3, -0.25) is 38.1 Å². The van der Waals surface area contributed by atoms with Crippen LogP contribution in [0.2, 0.25) is 0 Å². The van der Waals surface area contributed by atoms with Gasteiger partial charge in [0, 0.05) is 36.9 Å². The van der Waals surface area contributed by atoms with Crippen LogP contribution in [-0.2, 0) is 39.2 Å². The zero-order chi connectivity index (χ0) is 49.9. The normalized spacial score (nSPS) is 21.0. The first-order chi connectivity index (χ1) is 34.2. The van der Waals surface area contributed by atoms with E-state index < -0.39 is 72.0 Å². The molecule has 71 heavy (non-hydrogen) atoms. The van der Waals surface area contributed by atoms with E-state index in [1.165, 1.54) is 52.0 Å². The number of rotatable bonds is 19. The molecule has 22 nitrogen and oxygen atoms in total. The van der Waals surface area contributed by atoms with E-state index in [1.807, 2.05) is 78.9 Å². The zero-order valence-corrected chi connectivity index (χ0v) is 39.8. The first kappa shape index (κ1) is 49.0. The topological polar surface area (TPSA) is 296 Å². The van der Waals surface area contributed by atoms with Crippen molar-refractivity contribution in [3.8, 4) is 11.5 Å². The Kier molecular flexibility index (Phi) is 14.4. The molecule has 2 aliphatic heterocycles. The highest BCUT2D eigenvalue weighted by molar-refractivity contribution is 8.54. The smallest absolute Gasteiger partial charge is 0.389 e. The van der Waals surface area contributed by atoms with Crippen LogP contribution in [0.3, 0.4) is 0 Å². The third-order valence-electron chi connectivity index (χ3n) is 12.1. The quantitative estimate of drug-likeness (QED) is 0.0319. The second kappa shape index (κ2) is 20.8. The van der Waals surface area contributed by atoms with Crippen molar-refractivity contribution >= 4 is 46.8 Å². The summed E-state index contributed by atoms with van der Waals surface area (Å²) in [5, 5.41) is 22.7. The Morgan fingerprint density at radius 1 is 0.845 bits per heavy atom. The lowest BCUT2D eigenvalue weighted by Crippen LogP contribution is -2.38. The van der Waals surface area contributed by atoms with Gasteiger partial charge in [0.25, 0.3) is 11.2 Å². The van der Waals surface area contributed by atoms with Crippen molar-refractivity contribution in [2.24, 2.45) is 0 Å². The van der Waals surface area contributed by atoms with Crippen LogP contribution in [0.5, 0.6) is 11.5 Å². The second-order valence-corrected chi connectivity index (χ2v) is 20.5. The Balaban J connectivity index is 1.06. The molecule has 0 spiro atoms. The predicted octanol–water partition coefficient (Wildman–Crippen LogP) is 5.85. The number of ether oxygens (including phenoxy) is 5. The number of fused-ring (bicyclic) bond motifs is 1. The highest BCUT2D eigenvalue weighted by Crippen LogP contribution is 2.64. The number of aliphatic hydroxyl groups is 1. The van der Waals surface area contributed by atoms with Gasteiger partial charge >= 0.3 is 12.5 Å². The van der Waals surface area contributed by atoms with E-state index in [2.05, 4.69) is 19.9 Å². The maximum Gasteiger partial charge on any atom is 0.389 e. The van der Waals surface area contributed by atoms with Crippen LogP contribution < -0.4 is 32.2 Å². The third kappa shape index (κ3) is 10.4. The average Bonchev–Trinajstić information content (AvgIpc) is 4.10. The number of aromatic amines is 1. The molecule has 0 radical (unpaired) electrons. The van der Waals surface area contributed by atoms with Crippen molar-refractivity contribution in [3.05, 3.63) is 175 Å². The summed E-state index contributed by atoms with van der Waals surface area (Å²) in [5.41, 5.74) is 11.9. The maximum absolute atomic E-state index is 15.4. The lowest BCUT2D eigenvalue weighted by atomic mass is 9.80. The molecule has 5 heterocycles. The Labute approximate surface area is 408 Å². The molecule has 0 aliphatic carbocycles. The van der Waals surface area contributed by atoms with Crippen LogP contribution in [-0.4, -0.2) is 90.9 Å². The highest BCUT2D eigenvalue weighted by Gasteiger charge is 2.47. The molecule has 370 valence electrons. The molecule has 6 N–H and O–H groups in total. The van der Waals surface area contributed by atoms with E-state index in [-0.39, 0.29) is 53.8 Å². The van der Waals surface area contributed by atoms with Gasteiger partial charge in [-0.15, -0.1) is 0 Å². The van der Waals surface area contributed by atoms with Gasteiger partial charge in [0.2, 0.25) is 5.95 Å². The first-order valence-electron chi connectivity index (χ1n) is 22.1. The fraction of sp³-hybridized carbons (Fsp3) is 0.298. The monoisotopic (exact) mass is 1010 g/mol. The molecule has 2 saturated heterocycles. The van der Waals surface area contributed by atoms with Crippen molar-refractivity contribution in [1.29, 1.82) is 0 Å². The number of hydrogen-bond acceptors (Lipinski definition) is 19. The van der Waals surface area contributed by atoms with Crippen LogP contribution in [0.4, 0.5) is 17.5 Å². The van der Waals surface area contributed by atoms with Gasteiger partial charge < -0.3 is 40.3 Å². The molecule has 0 bridgehead atoms. The van der Waals surface area contributed by atoms with Gasteiger partial charge in [-0.1, -0.05) is 66.7 Å². The number of nitrogens with two attached hydrogens (primary N) is 2. The molecular weight excluding hydrogens is 962 g/mol. The number of nitrogen functional groups attached to an aromatic ring is 2. The molecule has 9 rings (SSSR count). The van der Waals surface area contributed by atoms with Gasteiger partial charge in [-0.05, 0) is 64.0 Å². The fourth-order valence-electron chi connectivity index (χ4n) is 8.54. The SMILES string of the molecule is COc1ccc(C(OC[C@H]2O[C@@H](n3ccc(N)nc3=O)C[C@@H]2OP(=O)(OC[C@H]2O[C@@H](n3cnc4c(=O)[nH]c(N)nc43)C[C@@H]2O)SCc2ccc([N+](=O)[O-])cc2)(c2ccccc2)c2ccc(OC)cc2)cc1. The van der Waals surface area contributed by atoms with Gasteiger partial charge in [-0.25, -0.2) is 14.3 Å².